The molecule has 0 amide bonds. The minimum Gasteiger partial charge on any atom is -0.320 e. The van der Waals surface area contributed by atoms with Crippen molar-refractivity contribution in [2.45, 2.75) is 13.0 Å². The molecule has 0 aliphatic carbocycles. The van der Waals surface area contributed by atoms with Gasteiger partial charge in [0, 0.05) is 9.50 Å². The molecule has 0 aliphatic rings. The highest BCUT2D eigenvalue weighted by Gasteiger charge is 2.18. The molecular weight excluding hydrogens is 336 g/mol. The van der Waals surface area contributed by atoms with Crippen LogP contribution in [0.3, 0.4) is 0 Å². The third kappa shape index (κ3) is 2.96. The predicted molar refractivity (Wildman–Crippen MR) is 76.3 cm³/mol. The van der Waals surface area contributed by atoms with E-state index in [-0.39, 0.29) is 5.02 Å². The quantitative estimate of drug-likeness (QED) is 0.781. The topological polar surface area (TPSA) is 26.0 Å². The number of benzene rings is 2. The molecule has 0 spiro atoms. The van der Waals surface area contributed by atoms with Gasteiger partial charge in [-0.1, -0.05) is 45.2 Å². The monoisotopic (exact) mass is 345 g/mol. The first-order valence-corrected chi connectivity index (χ1v) is 6.73. The molecule has 0 radical (unpaired) electrons. The number of rotatable bonds is 2. The number of halogens is 4. The summed E-state index contributed by atoms with van der Waals surface area (Å²) in [5.41, 5.74) is 8.25. The van der Waals surface area contributed by atoms with Crippen LogP contribution in [0.15, 0.2) is 34.8 Å². The second-order valence-corrected chi connectivity index (χ2v) is 5.55. The first-order valence-electron chi connectivity index (χ1n) is 5.56. The molecule has 2 N–H and O–H groups in total. The van der Waals surface area contributed by atoms with Gasteiger partial charge < -0.3 is 5.73 Å². The third-order valence-electron chi connectivity index (χ3n) is 2.86. The molecule has 2 aromatic carbocycles. The fraction of sp³-hybridized carbons (Fsp3) is 0.143. The Balaban J connectivity index is 2.52. The first-order chi connectivity index (χ1) is 8.90. The Labute approximate surface area is 123 Å². The van der Waals surface area contributed by atoms with E-state index in [1.165, 1.54) is 0 Å². The van der Waals surface area contributed by atoms with Crippen LogP contribution in [0, 0.1) is 18.6 Å². The standard InChI is InChI=1S/C14H11BrClF2N/c1-7-2-3-10(15)8(4-7)14(19)9-5-12(17)13(18)6-11(9)16/h2-6,14H,19H2,1H3. The van der Waals surface area contributed by atoms with Crippen molar-refractivity contribution in [3.63, 3.8) is 0 Å². The molecule has 5 heteroatoms. The Morgan fingerprint density at radius 3 is 2.42 bits per heavy atom. The summed E-state index contributed by atoms with van der Waals surface area (Å²) >= 11 is 9.33. The van der Waals surface area contributed by atoms with Crippen LogP contribution in [0.2, 0.25) is 5.02 Å². The van der Waals surface area contributed by atoms with Crippen molar-refractivity contribution in [3.8, 4) is 0 Å². The zero-order valence-corrected chi connectivity index (χ0v) is 12.4. The van der Waals surface area contributed by atoms with E-state index < -0.39 is 17.7 Å². The van der Waals surface area contributed by atoms with E-state index in [9.17, 15) is 8.78 Å². The molecule has 1 unspecified atom stereocenters. The van der Waals surface area contributed by atoms with Crippen molar-refractivity contribution in [2.24, 2.45) is 5.73 Å². The van der Waals surface area contributed by atoms with Crippen LogP contribution in [0.25, 0.3) is 0 Å². The highest BCUT2D eigenvalue weighted by atomic mass is 79.9. The van der Waals surface area contributed by atoms with Crippen molar-refractivity contribution in [2.75, 3.05) is 0 Å². The summed E-state index contributed by atoms with van der Waals surface area (Å²) in [4.78, 5) is 0. The number of hydrogen-bond donors (Lipinski definition) is 1. The molecule has 0 saturated heterocycles. The van der Waals surface area contributed by atoms with Crippen molar-refractivity contribution >= 4 is 27.5 Å². The van der Waals surface area contributed by atoms with Crippen LogP contribution < -0.4 is 5.73 Å². The lowest BCUT2D eigenvalue weighted by Crippen LogP contribution is -2.14. The van der Waals surface area contributed by atoms with Gasteiger partial charge in [0.1, 0.15) is 0 Å². The van der Waals surface area contributed by atoms with E-state index in [1.54, 1.807) is 0 Å². The molecule has 19 heavy (non-hydrogen) atoms. The van der Waals surface area contributed by atoms with Crippen LogP contribution in [0.4, 0.5) is 8.78 Å². The van der Waals surface area contributed by atoms with Crippen molar-refractivity contribution < 1.29 is 8.78 Å². The maximum absolute atomic E-state index is 13.3. The van der Waals surface area contributed by atoms with Gasteiger partial charge in [-0.15, -0.1) is 0 Å². The average Bonchev–Trinajstić information content (AvgIpc) is 2.36. The van der Waals surface area contributed by atoms with Gasteiger partial charge in [-0.2, -0.15) is 0 Å². The summed E-state index contributed by atoms with van der Waals surface area (Å²) in [6, 6.07) is 7.02. The predicted octanol–water partition coefficient (Wildman–Crippen LogP) is 4.74. The van der Waals surface area contributed by atoms with Crippen molar-refractivity contribution in [1.82, 2.24) is 0 Å². The minimum absolute atomic E-state index is 0.111. The minimum atomic E-state index is -0.982. The van der Waals surface area contributed by atoms with Gasteiger partial charge in [0.25, 0.3) is 0 Å². The van der Waals surface area contributed by atoms with Gasteiger partial charge in [0.15, 0.2) is 11.6 Å². The Hall–Kier alpha value is -0.970. The highest BCUT2D eigenvalue weighted by Crippen LogP contribution is 2.32. The second kappa shape index (κ2) is 5.57. The Kier molecular flexibility index (Phi) is 4.23. The molecule has 2 rings (SSSR count). The molecule has 0 fully saturated rings. The first kappa shape index (κ1) is 14.4. The Morgan fingerprint density at radius 1 is 1.11 bits per heavy atom. The van der Waals surface area contributed by atoms with Crippen molar-refractivity contribution in [3.05, 3.63) is 68.2 Å². The number of nitrogens with two attached hydrogens (primary N) is 1. The van der Waals surface area contributed by atoms with E-state index in [0.29, 0.717) is 5.56 Å². The van der Waals surface area contributed by atoms with Crippen LogP contribution in [-0.4, -0.2) is 0 Å². The van der Waals surface area contributed by atoms with Gasteiger partial charge in [0.2, 0.25) is 0 Å². The Morgan fingerprint density at radius 2 is 1.74 bits per heavy atom. The maximum Gasteiger partial charge on any atom is 0.160 e. The van der Waals surface area contributed by atoms with Gasteiger partial charge in [0.05, 0.1) is 6.04 Å². The fourth-order valence-corrected chi connectivity index (χ4v) is 2.61. The second-order valence-electron chi connectivity index (χ2n) is 4.29. The molecule has 0 saturated carbocycles. The molecule has 0 aromatic heterocycles. The van der Waals surface area contributed by atoms with Gasteiger partial charge in [-0.25, -0.2) is 8.78 Å². The van der Waals surface area contributed by atoms with E-state index in [2.05, 4.69) is 15.9 Å². The molecule has 2 aromatic rings. The van der Waals surface area contributed by atoms with E-state index in [4.69, 9.17) is 17.3 Å². The molecule has 1 nitrogen and oxygen atoms in total. The fourth-order valence-electron chi connectivity index (χ4n) is 1.85. The molecule has 0 bridgehead atoms. The Bertz CT molecular complexity index is 631. The highest BCUT2D eigenvalue weighted by molar-refractivity contribution is 9.10. The summed E-state index contributed by atoms with van der Waals surface area (Å²) < 4.78 is 27.2. The lowest BCUT2D eigenvalue weighted by Gasteiger charge is -2.17. The maximum atomic E-state index is 13.3. The van der Waals surface area contributed by atoms with Crippen LogP contribution in [0.5, 0.6) is 0 Å². The molecular formula is C14H11BrClF2N. The molecule has 100 valence electrons. The zero-order chi connectivity index (χ0) is 14.2. The summed E-state index contributed by atoms with van der Waals surface area (Å²) in [5.74, 6) is -1.94. The van der Waals surface area contributed by atoms with Crippen LogP contribution in [-0.2, 0) is 0 Å². The van der Waals surface area contributed by atoms with E-state index >= 15 is 0 Å². The molecule has 0 heterocycles. The average molecular weight is 347 g/mol. The van der Waals surface area contributed by atoms with Gasteiger partial charge in [-0.05, 0) is 36.2 Å². The zero-order valence-electron chi connectivity index (χ0n) is 10.1. The van der Waals surface area contributed by atoms with Gasteiger partial charge in [-0.3, -0.25) is 0 Å². The third-order valence-corrected chi connectivity index (χ3v) is 3.91. The number of aryl methyl sites for hydroxylation is 1. The molecule has 1 atom stereocenters. The SMILES string of the molecule is Cc1ccc(Br)c(C(N)c2cc(F)c(F)cc2Cl)c1. The smallest absolute Gasteiger partial charge is 0.160 e. The van der Waals surface area contributed by atoms with Gasteiger partial charge >= 0.3 is 0 Å². The summed E-state index contributed by atoms with van der Waals surface area (Å²) in [5, 5.41) is 0.111. The largest absolute Gasteiger partial charge is 0.320 e. The van der Waals surface area contributed by atoms with Crippen molar-refractivity contribution in [1.29, 1.82) is 0 Å². The normalized spacial score (nSPS) is 12.5. The summed E-state index contributed by atoms with van der Waals surface area (Å²) in [6.45, 7) is 1.93. The lowest BCUT2D eigenvalue weighted by molar-refractivity contribution is 0.506. The van der Waals surface area contributed by atoms with Crippen LogP contribution in [0.1, 0.15) is 22.7 Å². The molecule has 0 aliphatic heterocycles. The summed E-state index contributed by atoms with van der Waals surface area (Å²) in [6.07, 6.45) is 0. The lowest BCUT2D eigenvalue weighted by atomic mass is 9.98. The van der Waals surface area contributed by atoms with Crippen LogP contribution >= 0.6 is 27.5 Å². The number of hydrogen-bond acceptors (Lipinski definition) is 1. The van der Waals surface area contributed by atoms with E-state index in [0.717, 1.165) is 27.7 Å². The summed E-state index contributed by atoms with van der Waals surface area (Å²) in [7, 11) is 0. The van der Waals surface area contributed by atoms with E-state index in [1.807, 2.05) is 25.1 Å².